The highest BCUT2D eigenvalue weighted by molar-refractivity contribution is 7.85. The number of aliphatic carboxylic acids is 1. The van der Waals surface area contributed by atoms with Gasteiger partial charge in [-0.15, -0.1) is 0 Å². The van der Waals surface area contributed by atoms with Crippen molar-refractivity contribution in [1.82, 2.24) is 5.48 Å². The molecule has 0 aliphatic heterocycles. The molecule has 9 nitrogen and oxygen atoms in total. The number of hydrogen-bond acceptors (Lipinski definition) is 7. The van der Waals surface area contributed by atoms with E-state index in [1.165, 1.54) is 6.92 Å². The van der Waals surface area contributed by atoms with Crippen LogP contribution in [0, 0.1) is 0 Å². The fourth-order valence-electron chi connectivity index (χ4n) is 1.93. The standard InChI is InChI=1S/C15H25NO3Si.C7H12O5S/c1-15(2,3)20(4,5)19-16-13(14(17)18)11-12-9-7-6-8-10-12;1-6(2)7(8)12-4-3-5-13(9,10)11/h6-10,13,16H,11H2,1-5H3,(H,17,18);1,3-5H2,2H3,(H,9,10,11). The fourth-order valence-corrected chi connectivity index (χ4v) is 3.16. The molecule has 1 aromatic carbocycles. The van der Waals surface area contributed by atoms with Gasteiger partial charge in [-0.3, -0.25) is 9.35 Å². The molecule has 1 unspecified atom stereocenters. The highest BCUT2D eigenvalue weighted by Crippen LogP contribution is 2.35. The van der Waals surface area contributed by atoms with Gasteiger partial charge in [0.05, 0.1) is 12.4 Å². The Labute approximate surface area is 198 Å². The van der Waals surface area contributed by atoms with Crippen molar-refractivity contribution in [2.24, 2.45) is 0 Å². The third-order valence-corrected chi connectivity index (χ3v) is 10.0. The fraction of sp³-hybridized carbons (Fsp3) is 0.545. The van der Waals surface area contributed by atoms with Gasteiger partial charge in [0, 0.05) is 12.0 Å². The summed E-state index contributed by atoms with van der Waals surface area (Å²) < 4.78 is 39.1. The van der Waals surface area contributed by atoms with Gasteiger partial charge in [-0.25, -0.2) is 4.79 Å². The summed E-state index contributed by atoms with van der Waals surface area (Å²) >= 11 is 0. The van der Waals surface area contributed by atoms with E-state index in [4.69, 9.17) is 9.08 Å². The summed E-state index contributed by atoms with van der Waals surface area (Å²) in [5, 5.41) is 9.34. The second-order valence-corrected chi connectivity index (χ2v) is 15.4. The monoisotopic (exact) mass is 503 g/mol. The maximum Gasteiger partial charge on any atom is 0.333 e. The molecular weight excluding hydrogens is 466 g/mol. The summed E-state index contributed by atoms with van der Waals surface area (Å²) in [6.07, 6.45) is 0.489. The summed E-state index contributed by atoms with van der Waals surface area (Å²) in [6.45, 7) is 15.3. The molecule has 0 amide bonds. The zero-order chi connectivity index (χ0) is 25.9. The molecule has 0 radical (unpaired) electrons. The maximum atomic E-state index is 11.3. The van der Waals surface area contributed by atoms with Crippen molar-refractivity contribution in [3.8, 4) is 0 Å². The Hall–Kier alpha value is -2.05. The van der Waals surface area contributed by atoms with E-state index in [0.717, 1.165) is 5.56 Å². The van der Waals surface area contributed by atoms with Crippen LogP contribution in [-0.4, -0.2) is 56.7 Å². The van der Waals surface area contributed by atoms with Crippen LogP contribution in [0.15, 0.2) is 42.5 Å². The number of carbonyl (C=O) groups is 2. The molecule has 0 spiro atoms. The van der Waals surface area contributed by atoms with E-state index >= 15 is 0 Å². The third kappa shape index (κ3) is 14.0. The van der Waals surface area contributed by atoms with Crippen molar-refractivity contribution in [2.75, 3.05) is 12.4 Å². The molecule has 1 rings (SSSR count). The number of rotatable bonds is 11. The number of esters is 1. The molecule has 0 bridgehead atoms. The maximum absolute atomic E-state index is 11.3. The molecule has 0 aliphatic rings. The Morgan fingerprint density at radius 2 is 1.73 bits per heavy atom. The highest BCUT2D eigenvalue weighted by atomic mass is 32.2. The minimum atomic E-state index is -3.96. The van der Waals surface area contributed by atoms with Crippen molar-refractivity contribution in [1.29, 1.82) is 0 Å². The average Bonchev–Trinajstić information content (AvgIpc) is 2.67. The Kier molecular flexibility index (Phi) is 12.8. The first kappa shape index (κ1) is 30.9. The number of benzene rings is 1. The minimum absolute atomic E-state index is 0.0362. The van der Waals surface area contributed by atoms with E-state index in [1.807, 2.05) is 30.3 Å². The summed E-state index contributed by atoms with van der Waals surface area (Å²) in [5.74, 6) is -1.86. The summed E-state index contributed by atoms with van der Waals surface area (Å²) in [5.41, 5.74) is 4.01. The van der Waals surface area contributed by atoms with Crippen LogP contribution in [0.25, 0.3) is 0 Å². The van der Waals surface area contributed by atoms with E-state index in [9.17, 15) is 23.1 Å². The van der Waals surface area contributed by atoms with Gasteiger partial charge in [-0.2, -0.15) is 13.9 Å². The van der Waals surface area contributed by atoms with Crippen LogP contribution in [0.1, 0.15) is 39.7 Å². The van der Waals surface area contributed by atoms with Gasteiger partial charge in [0.25, 0.3) is 10.1 Å². The smallest absolute Gasteiger partial charge is 0.333 e. The predicted octanol–water partition coefficient (Wildman–Crippen LogP) is 3.59. The summed E-state index contributed by atoms with van der Waals surface area (Å²) in [4.78, 5) is 22.1. The number of hydroxylamine groups is 1. The van der Waals surface area contributed by atoms with Gasteiger partial charge in [0.15, 0.2) is 0 Å². The summed E-state index contributed by atoms with van der Waals surface area (Å²) in [7, 11) is -5.96. The van der Waals surface area contributed by atoms with Crippen molar-refractivity contribution in [3.63, 3.8) is 0 Å². The number of nitrogens with one attached hydrogen (secondary N) is 1. The Balaban J connectivity index is 0.000000684. The molecule has 1 aromatic rings. The Morgan fingerprint density at radius 3 is 2.15 bits per heavy atom. The van der Waals surface area contributed by atoms with Crippen LogP contribution in [0.4, 0.5) is 0 Å². The van der Waals surface area contributed by atoms with Gasteiger partial charge >= 0.3 is 11.9 Å². The van der Waals surface area contributed by atoms with Crippen LogP contribution in [-0.2, 0) is 35.4 Å². The van der Waals surface area contributed by atoms with Crippen LogP contribution in [0.5, 0.6) is 0 Å². The first-order chi connectivity index (χ1) is 15.0. The normalized spacial score (nSPS) is 12.8. The van der Waals surface area contributed by atoms with Crippen molar-refractivity contribution < 1.29 is 36.9 Å². The number of carboxylic acids is 1. The zero-order valence-electron chi connectivity index (χ0n) is 20.3. The van der Waals surface area contributed by atoms with Gasteiger partial charge in [0.1, 0.15) is 6.04 Å². The minimum Gasteiger partial charge on any atom is -0.480 e. The second kappa shape index (κ2) is 13.6. The number of carboxylic acid groups (broad SMARTS) is 1. The lowest BCUT2D eigenvalue weighted by Crippen LogP contribution is -2.50. The lowest BCUT2D eigenvalue weighted by atomic mass is 10.1. The predicted molar refractivity (Wildman–Crippen MR) is 130 cm³/mol. The second-order valence-electron chi connectivity index (χ2n) is 9.12. The van der Waals surface area contributed by atoms with Crippen molar-refractivity contribution >= 4 is 30.4 Å². The highest BCUT2D eigenvalue weighted by Gasteiger charge is 2.39. The third-order valence-electron chi connectivity index (χ3n) is 4.97. The SMILES string of the molecule is C=C(C)C(=O)OCCCS(=O)(=O)O.CC(C)(C)[Si](C)(C)ONC(Cc1ccccc1)C(=O)O. The van der Waals surface area contributed by atoms with E-state index in [1.54, 1.807) is 0 Å². The van der Waals surface area contributed by atoms with Gasteiger partial charge in [-0.05, 0) is 37.0 Å². The van der Waals surface area contributed by atoms with E-state index in [2.05, 4.69) is 50.7 Å². The first-order valence-corrected chi connectivity index (χ1v) is 15.0. The summed E-state index contributed by atoms with van der Waals surface area (Å²) in [6, 6.07) is 8.84. The molecule has 0 saturated carbocycles. The number of ether oxygens (including phenoxy) is 1. The average molecular weight is 504 g/mol. The molecule has 188 valence electrons. The molecule has 0 aliphatic carbocycles. The molecule has 33 heavy (non-hydrogen) atoms. The van der Waals surface area contributed by atoms with E-state index in [-0.39, 0.29) is 23.6 Å². The van der Waals surface area contributed by atoms with Crippen LogP contribution in [0.2, 0.25) is 18.1 Å². The van der Waals surface area contributed by atoms with Gasteiger partial charge in [-0.1, -0.05) is 57.7 Å². The van der Waals surface area contributed by atoms with Crippen LogP contribution < -0.4 is 5.48 Å². The van der Waals surface area contributed by atoms with Crippen LogP contribution in [0.3, 0.4) is 0 Å². The van der Waals surface area contributed by atoms with Crippen LogP contribution >= 0.6 is 0 Å². The van der Waals surface area contributed by atoms with Crippen molar-refractivity contribution in [2.45, 2.75) is 64.7 Å². The molecule has 0 saturated heterocycles. The number of hydrogen-bond donors (Lipinski definition) is 3. The molecular formula is C22H37NO8SSi. The molecule has 11 heteroatoms. The first-order valence-electron chi connectivity index (χ1n) is 10.4. The van der Waals surface area contributed by atoms with Crippen molar-refractivity contribution in [3.05, 3.63) is 48.0 Å². The quantitative estimate of drug-likeness (QED) is 0.103. The molecule has 3 N–H and O–H groups in total. The number of carbonyl (C=O) groups excluding carboxylic acids is 1. The largest absolute Gasteiger partial charge is 0.480 e. The van der Waals surface area contributed by atoms with Gasteiger partial charge < -0.3 is 14.4 Å². The Morgan fingerprint density at radius 1 is 1.18 bits per heavy atom. The molecule has 0 aromatic heterocycles. The zero-order valence-corrected chi connectivity index (χ0v) is 22.1. The Bertz CT molecular complexity index is 879. The topological polar surface area (TPSA) is 139 Å². The molecule has 1 atom stereocenters. The lowest BCUT2D eigenvalue weighted by molar-refractivity contribution is -0.142. The lowest BCUT2D eigenvalue weighted by Gasteiger charge is -2.36. The molecule has 0 heterocycles. The molecule has 0 fully saturated rings. The van der Waals surface area contributed by atoms with E-state index < -0.39 is 42.2 Å². The van der Waals surface area contributed by atoms with Gasteiger partial charge in [0.2, 0.25) is 8.32 Å². The van der Waals surface area contributed by atoms with E-state index in [0.29, 0.717) is 6.42 Å².